The molecular weight excluding hydrogens is 608 g/mol. The van der Waals surface area contributed by atoms with Crippen molar-refractivity contribution in [3.8, 4) is 0 Å². The third-order valence-corrected chi connectivity index (χ3v) is 11.2. The van der Waals surface area contributed by atoms with Gasteiger partial charge < -0.3 is 15.1 Å². The lowest BCUT2D eigenvalue weighted by atomic mass is 9.87. The number of nitrogens with zero attached hydrogens (tertiary/aromatic N) is 6. The number of hydrogen-bond donors (Lipinski definition) is 3. The van der Waals surface area contributed by atoms with Crippen molar-refractivity contribution in [2.24, 2.45) is 17.3 Å². The summed E-state index contributed by atoms with van der Waals surface area (Å²) < 4.78 is 30.5. The van der Waals surface area contributed by atoms with Gasteiger partial charge in [0.05, 0.1) is 17.9 Å². The largest absolute Gasteiger partial charge is 0.371 e. The number of imide groups is 1. The van der Waals surface area contributed by atoms with Gasteiger partial charge in [-0.25, -0.2) is 13.6 Å². The number of nitrogens with one attached hydrogen (secondary N) is 3. The molecule has 3 atom stereocenters. The van der Waals surface area contributed by atoms with E-state index >= 15 is 0 Å². The minimum atomic E-state index is -2.71. The third kappa shape index (κ3) is 5.26. The first-order valence-electron chi connectivity index (χ1n) is 16.6. The number of urea groups is 1. The van der Waals surface area contributed by atoms with Crippen LogP contribution in [0.3, 0.4) is 0 Å². The highest BCUT2D eigenvalue weighted by Gasteiger charge is 2.78. The zero-order chi connectivity index (χ0) is 32.5. The third-order valence-electron chi connectivity index (χ3n) is 11.2. The van der Waals surface area contributed by atoms with Crippen LogP contribution in [-0.2, 0) is 17.6 Å². The lowest BCUT2D eigenvalue weighted by Gasteiger charge is -2.33. The number of aromatic nitrogens is 4. The fourth-order valence-electron chi connectivity index (χ4n) is 8.19. The molecule has 5 heterocycles. The molecule has 2 aromatic heterocycles. The summed E-state index contributed by atoms with van der Waals surface area (Å²) in [7, 11) is 0. The van der Waals surface area contributed by atoms with E-state index in [2.05, 4.69) is 47.9 Å². The topological polar surface area (TPSA) is 131 Å². The van der Waals surface area contributed by atoms with Crippen molar-refractivity contribution < 1.29 is 23.2 Å². The number of fused-ring (bicyclic) bond motifs is 2. The normalized spacial score (nSPS) is 27.4. The van der Waals surface area contributed by atoms with Crippen LogP contribution in [0, 0.1) is 17.3 Å². The van der Waals surface area contributed by atoms with E-state index in [1.54, 1.807) is 18.0 Å². The van der Waals surface area contributed by atoms with Crippen molar-refractivity contribution in [2.75, 3.05) is 54.4 Å². The molecule has 0 bridgehead atoms. The number of amides is 4. The van der Waals surface area contributed by atoms with Crippen molar-refractivity contribution in [3.63, 3.8) is 0 Å². The van der Waals surface area contributed by atoms with Gasteiger partial charge >= 0.3 is 6.03 Å². The molecule has 2 aliphatic carbocycles. The van der Waals surface area contributed by atoms with Crippen LogP contribution >= 0.6 is 0 Å². The Morgan fingerprint density at radius 2 is 1.83 bits per heavy atom. The Morgan fingerprint density at radius 1 is 1.06 bits per heavy atom. The van der Waals surface area contributed by atoms with Gasteiger partial charge in [-0.3, -0.25) is 29.6 Å². The number of likely N-dealkylation sites (tertiary alicyclic amines) is 1. The Hall–Kier alpha value is -4.33. The van der Waals surface area contributed by atoms with Crippen LogP contribution in [-0.4, -0.2) is 87.9 Å². The Labute approximate surface area is 270 Å². The van der Waals surface area contributed by atoms with Crippen LogP contribution in [0.25, 0.3) is 0 Å². The van der Waals surface area contributed by atoms with E-state index in [-0.39, 0.29) is 36.5 Å². The lowest BCUT2D eigenvalue weighted by Crippen LogP contribution is -2.49. The van der Waals surface area contributed by atoms with Crippen molar-refractivity contribution >= 4 is 34.9 Å². The van der Waals surface area contributed by atoms with E-state index in [0.717, 1.165) is 63.4 Å². The molecule has 1 aromatic carbocycles. The molecule has 3 saturated heterocycles. The number of rotatable bonds is 7. The highest BCUT2D eigenvalue weighted by molar-refractivity contribution is 6.05. The quantitative estimate of drug-likeness (QED) is 0.355. The van der Waals surface area contributed by atoms with E-state index in [1.807, 2.05) is 23.0 Å². The van der Waals surface area contributed by atoms with E-state index in [9.17, 15) is 23.2 Å². The number of alkyl halides is 2. The zero-order valence-corrected chi connectivity index (χ0v) is 26.3. The number of benzene rings is 1. The highest BCUT2D eigenvalue weighted by atomic mass is 19.3. The average Bonchev–Trinajstić information content (AvgIpc) is 3.67. The smallest absolute Gasteiger partial charge is 0.328 e. The summed E-state index contributed by atoms with van der Waals surface area (Å²) in [6, 6.07) is 7.88. The van der Waals surface area contributed by atoms with E-state index in [0.29, 0.717) is 35.8 Å². The van der Waals surface area contributed by atoms with Crippen molar-refractivity contribution in [3.05, 3.63) is 53.6 Å². The molecule has 8 rings (SSSR count). The molecule has 1 saturated carbocycles. The van der Waals surface area contributed by atoms with Crippen LogP contribution < -0.4 is 20.4 Å². The second-order valence-corrected chi connectivity index (χ2v) is 14.1. The average molecular weight is 648 g/mol. The molecule has 3 aromatic rings. The molecule has 3 N–H and O–H groups in total. The van der Waals surface area contributed by atoms with Crippen LogP contribution in [0.15, 0.2) is 36.7 Å². The number of piperidine rings is 1. The molecule has 0 spiro atoms. The molecule has 0 radical (unpaired) electrons. The molecule has 47 heavy (non-hydrogen) atoms. The minimum absolute atomic E-state index is 0.160. The van der Waals surface area contributed by atoms with Gasteiger partial charge in [0.1, 0.15) is 0 Å². The van der Waals surface area contributed by atoms with Crippen LogP contribution in [0.2, 0.25) is 0 Å². The van der Waals surface area contributed by atoms with E-state index in [1.165, 1.54) is 0 Å². The predicted octanol–water partition coefficient (Wildman–Crippen LogP) is 3.84. The second kappa shape index (κ2) is 11.1. The minimum Gasteiger partial charge on any atom is -0.371 e. The van der Waals surface area contributed by atoms with Gasteiger partial charge in [0.15, 0.2) is 5.69 Å². The van der Waals surface area contributed by atoms with Gasteiger partial charge in [0.25, 0.3) is 11.8 Å². The van der Waals surface area contributed by atoms with E-state index in [4.69, 9.17) is 0 Å². The Balaban J connectivity index is 0.803. The summed E-state index contributed by atoms with van der Waals surface area (Å²) >= 11 is 0. The number of carbonyl (C=O) groups excluding carboxylic acids is 3. The molecule has 3 aliphatic heterocycles. The van der Waals surface area contributed by atoms with Gasteiger partial charge in [-0.2, -0.15) is 10.2 Å². The molecule has 248 valence electrons. The maximum Gasteiger partial charge on any atom is 0.328 e. The number of aromatic amines is 1. The molecule has 5 aliphatic rings. The highest BCUT2D eigenvalue weighted by Crippen LogP contribution is 2.70. The Kier molecular flexibility index (Phi) is 7.12. The number of hydrogen-bond acceptors (Lipinski definition) is 7. The number of halogens is 2. The Morgan fingerprint density at radius 3 is 2.60 bits per heavy atom. The van der Waals surface area contributed by atoms with Crippen LogP contribution in [0.1, 0.15) is 60.4 Å². The maximum absolute atomic E-state index is 14.3. The Bertz CT molecular complexity index is 1710. The number of anilines is 3. The summed E-state index contributed by atoms with van der Waals surface area (Å²) in [6.45, 7) is 6.98. The molecule has 14 heteroatoms. The van der Waals surface area contributed by atoms with Gasteiger partial charge in [-0.05, 0) is 55.9 Å². The predicted molar refractivity (Wildman–Crippen MR) is 170 cm³/mol. The first-order chi connectivity index (χ1) is 22.6. The van der Waals surface area contributed by atoms with Crippen LogP contribution in [0.5, 0.6) is 0 Å². The first kappa shape index (κ1) is 30.0. The molecular formula is C33H39F2N9O3. The van der Waals surface area contributed by atoms with Crippen LogP contribution in [0.4, 0.5) is 30.6 Å². The van der Waals surface area contributed by atoms with Gasteiger partial charge in [0.2, 0.25) is 5.91 Å². The lowest BCUT2D eigenvalue weighted by molar-refractivity contribution is -0.120. The molecule has 4 fully saturated rings. The number of carbonyl (C=O) groups is 3. The monoisotopic (exact) mass is 647 g/mol. The molecule has 4 amide bonds. The second-order valence-electron chi connectivity index (χ2n) is 14.1. The fraction of sp³-hybridized carbons (Fsp3) is 0.545. The SMILES string of the molecule is C[C@@]12Cc3[nH]nc(C(=O)Nc4cnn(C5CCN(CC6CCN(c7ccc(N8CCC(=O)NC8=O)cc7)C6)CC5)c4)c3C[C@@H]1C2(F)F. The summed E-state index contributed by atoms with van der Waals surface area (Å²) in [5.41, 5.74) is 2.90. The molecule has 1 unspecified atom stereocenters. The summed E-state index contributed by atoms with van der Waals surface area (Å²) in [4.78, 5) is 43.2. The summed E-state index contributed by atoms with van der Waals surface area (Å²) in [5, 5.41) is 16.8. The van der Waals surface area contributed by atoms with Crippen molar-refractivity contribution in [1.82, 2.24) is 30.2 Å². The summed E-state index contributed by atoms with van der Waals surface area (Å²) in [5.74, 6) is -3.51. The van der Waals surface area contributed by atoms with E-state index < -0.39 is 23.2 Å². The van der Waals surface area contributed by atoms with Gasteiger partial charge in [-0.1, -0.05) is 6.92 Å². The van der Waals surface area contributed by atoms with Gasteiger partial charge in [-0.15, -0.1) is 0 Å². The maximum atomic E-state index is 14.3. The zero-order valence-electron chi connectivity index (χ0n) is 26.3. The first-order valence-corrected chi connectivity index (χ1v) is 16.6. The fourth-order valence-corrected chi connectivity index (χ4v) is 8.19. The van der Waals surface area contributed by atoms with Gasteiger partial charge in [0, 0.05) is 92.3 Å². The van der Waals surface area contributed by atoms with Crippen molar-refractivity contribution in [1.29, 1.82) is 0 Å². The molecule has 12 nitrogen and oxygen atoms in total. The standard InChI is InChI=1S/C33H39F2N9O3/c1-32-15-26-25(14-27(32)33(32,34)35)29(40-39-26)30(46)37-21-16-36-44(19-21)24-7-10-41(11-8-24)17-20-6-12-42(18-20)22-2-4-23(5-3-22)43-13-9-28(45)38-31(43)47/h2-5,16,19-20,24,27H,6-15,17-18H2,1H3,(H,37,46)(H,39,40)(H,38,45,47)/t20?,27-,32+/m0/s1. The summed E-state index contributed by atoms with van der Waals surface area (Å²) in [6.07, 6.45) is 7.21. The number of H-pyrrole nitrogens is 1. The van der Waals surface area contributed by atoms with Crippen molar-refractivity contribution in [2.45, 2.75) is 57.4 Å².